The van der Waals surface area contributed by atoms with Gasteiger partial charge in [-0.25, -0.2) is 9.59 Å². The van der Waals surface area contributed by atoms with E-state index in [1.165, 1.54) is 25.5 Å². The number of rotatable bonds is 9. The molecule has 0 aliphatic carbocycles. The fourth-order valence-electron chi connectivity index (χ4n) is 2.06. The Morgan fingerprint density at radius 3 is 2.71 bits per heavy atom. The van der Waals surface area contributed by atoms with Gasteiger partial charge in [-0.3, -0.25) is 10.1 Å². The number of hydrogen-bond acceptors (Lipinski definition) is 7. The predicted octanol–water partition coefficient (Wildman–Crippen LogP) is 2.04. The van der Waals surface area contributed by atoms with Gasteiger partial charge in [0, 0.05) is 0 Å². The Labute approximate surface area is 161 Å². The average molecular weight is 388 g/mol. The SMILES string of the molecule is C=CCOc1ccc(C(=O)OCC(=O)NC(=O)NCc2ccco2)cc1OC. The van der Waals surface area contributed by atoms with Gasteiger partial charge in [0.15, 0.2) is 18.1 Å². The topological polar surface area (TPSA) is 116 Å². The van der Waals surface area contributed by atoms with Crippen LogP contribution in [0.4, 0.5) is 4.79 Å². The largest absolute Gasteiger partial charge is 0.493 e. The lowest BCUT2D eigenvalue weighted by molar-refractivity contribution is -0.123. The zero-order chi connectivity index (χ0) is 20.4. The summed E-state index contributed by atoms with van der Waals surface area (Å²) in [5.74, 6) is -0.227. The molecule has 0 fully saturated rings. The van der Waals surface area contributed by atoms with Crippen molar-refractivity contribution in [2.75, 3.05) is 20.3 Å². The summed E-state index contributed by atoms with van der Waals surface area (Å²) in [4.78, 5) is 35.4. The van der Waals surface area contributed by atoms with Gasteiger partial charge in [0.2, 0.25) is 0 Å². The maximum Gasteiger partial charge on any atom is 0.338 e. The van der Waals surface area contributed by atoms with E-state index >= 15 is 0 Å². The van der Waals surface area contributed by atoms with Gasteiger partial charge in [-0.05, 0) is 30.3 Å². The van der Waals surface area contributed by atoms with E-state index in [0.717, 1.165) is 0 Å². The molecule has 1 aromatic heterocycles. The van der Waals surface area contributed by atoms with Gasteiger partial charge in [-0.15, -0.1) is 0 Å². The Hall–Kier alpha value is -3.75. The Morgan fingerprint density at radius 1 is 1.21 bits per heavy atom. The standard InChI is InChI=1S/C19H20N2O7/c1-3-8-27-15-7-6-13(10-16(15)25-2)18(23)28-12-17(22)21-19(24)20-11-14-5-4-9-26-14/h3-7,9-10H,1,8,11-12H2,2H3,(H2,20,21,22,24). The number of imide groups is 1. The summed E-state index contributed by atoms with van der Waals surface area (Å²) < 4.78 is 20.5. The smallest absolute Gasteiger partial charge is 0.338 e. The molecule has 28 heavy (non-hydrogen) atoms. The van der Waals surface area contributed by atoms with Gasteiger partial charge in [-0.2, -0.15) is 0 Å². The summed E-state index contributed by atoms with van der Waals surface area (Å²) >= 11 is 0. The molecule has 1 aromatic carbocycles. The molecule has 2 N–H and O–H groups in total. The Kier molecular flexibility index (Phi) is 7.64. The van der Waals surface area contributed by atoms with E-state index in [-0.39, 0.29) is 18.7 Å². The molecule has 9 nitrogen and oxygen atoms in total. The van der Waals surface area contributed by atoms with Crippen molar-refractivity contribution in [1.82, 2.24) is 10.6 Å². The average Bonchev–Trinajstić information content (AvgIpc) is 3.22. The molecule has 2 aromatic rings. The lowest BCUT2D eigenvalue weighted by Gasteiger charge is -2.11. The molecule has 0 atom stereocenters. The number of hydrogen-bond donors (Lipinski definition) is 2. The zero-order valence-electron chi connectivity index (χ0n) is 15.2. The summed E-state index contributed by atoms with van der Waals surface area (Å²) in [7, 11) is 1.43. The first-order chi connectivity index (χ1) is 13.5. The minimum atomic E-state index is -0.775. The maximum absolute atomic E-state index is 12.1. The van der Waals surface area contributed by atoms with Crippen molar-refractivity contribution in [3.63, 3.8) is 0 Å². The van der Waals surface area contributed by atoms with Crippen LogP contribution in [0, 0.1) is 0 Å². The molecule has 2 rings (SSSR count). The van der Waals surface area contributed by atoms with Crippen LogP contribution in [0.15, 0.2) is 53.7 Å². The fraction of sp³-hybridized carbons (Fsp3) is 0.211. The van der Waals surface area contributed by atoms with E-state index in [1.54, 1.807) is 24.3 Å². The second-order valence-electron chi connectivity index (χ2n) is 5.35. The van der Waals surface area contributed by atoms with Crippen LogP contribution in [0.2, 0.25) is 0 Å². The van der Waals surface area contributed by atoms with Crippen LogP contribution in [0.25, 0.3) is 0 Å². The molecule has 0 saturated heterocycles. The Bertz CT molecular complexity index is 831. The van der Waals surface area contributed by atoms with Crippen molar-refractivity contribution in [2.24, 2.45) is 0 Å². The number of nitrogens with one attached hydrogen (secondary N) is 2. The van der Waals surface area contributed by atoms with Crippen LogP contribution >= 0.6 is 0 Å². The molecule has 0 spiro atoms. The third-order valence-corrected chi connectivity index (χ3v) is 3.35. The summed E-state index contributed by atoms with van der Waals surface area (Å²) in [5.41, 5.74) is 0.165. The maximum atomic E-state index is 12.1. The Morgan fingerprint density at radius 2 is 2.04 bits per heavy atom. The minimum Gasteiger partial charge on any atom is -0.493 e. The van der Waals surface area contributed by atoms with E-state index in [1.807, 2.05) is 5.32 Å². The fourth-order valence-corrected chi connectivity index (χ4v) is 2.06. The monoisotopic (exact) mass is 388 g/mol. The molecular weight excluding hydrogens is 368 g/mol. The molecule has 0 bridgehead atoms. The van der Waals surface area contributed by atoms with Crippen LogP contribution in [0.5, 0.6) is 11.5 Å². The predicted molar refractivity (Wildman–Crippen MR) is 98.1 cm³/mol. The Balaban J connectivity index is 1.81. The van der Waals surface area contributed by atoms with Crippen LogP contribution in [0.3, 0.4) is 0 Å². The zero-order valence-corrected chi connectivity index (χ0v) is 15.2. The van der Waals surface area contributed by atoms with Crippen molar-refractivity contribution in [1.29, 1.82) is 0 Å². The number of esters is 1. The quantitative estimate of drug-likeness (QED) is 0.499. The highest BCUT2D eigenvalue weighted by atomic mass is 16.5. The van der Waals surface area contributed by atoms with Gasteiger partial charge in [-0.1, -0.05) is 12.7 Å². The van der Waals surface area contributed by atoms with Crippen molar-refractivity contribution in [2.45, 2.75) is 6.54 Å². The van der Waals surface area contributed by atoms with Crippen LogP contribution in [-0.2, 0) is 16.1 Å². The second kappa shape index (κ2) is 10.4. The first-order valence-electron chi connectivity index (χ1n) is 8.22. The molecule has 0 radical (unpaired) electrons. The molecule has 9 heteroatoms. The molecular formula is C19H20N2O7. The number of carbonyl (C=O) groups excluding carboxylic acids is 3. The normalized spacial score (nSPS) is 9.89. The highest BCUT2D eigenvalue weighted by Gasteiger charge is 2.15. The summed E-state index contributed by atoms with van der Waals surface area (Å²) in [6, 6.07) is 7.05. The minimum absolute atomic E-state index is 0.117. The second-order valence-corrected chi connectivity index (χ2v) is 5.35. The number of furan rings is 1. The molecule has 148 valence electrons. The van der Waals surface area contributed by atoms with Crippen LogP contribution < -0.4 is 20.1 Å². The molecule has 0 unspecified atom stereocenters. The first kappa shape index (κ1) is 20.6. The van der Waals surface area contributed by atoms with Crippen LogP contribution in [-0.4, -0.2) is 38.2 Å². The van der Waals surface area contributed by atoms with Gasteiger partial charge >= 0.3 is 12.0 Å². The van der Waals surface area contributed by atoms with E-state index < -0.39 is 24.5 Å². The number of ether oxygens (including phenoxy) is 3. The number of carbonyl (C=O) groups is 3. The number of urea groups is 1. The van der Waals surface area contributed by atoms with E-state index in [0.29, 0.717) is 17.3 Å². The molecule has 0 aliphatic heterocycles. The van der Waals surface area contributed by atoms with Crippen molar-refractivity contribution in [3.05, 3.63) is 60.6 Å². The highest BCUT2D eigenvalue weighted by Crippen LogP contribution is 2.28. The highest BCUT2D eigenvalue weighted by molar-refractivity contribution is 5.97. The van der Waals surface area contributed by atoms with Crippen molar-refractivity contribution in [3.8, 4) is 11.5 Å². The number of methoxy groups -OCH3 is 1. The number of amides is 3. The van der Waals surface area contributed by atoms with E-state index in [9.17, 15) is 14.4 Å². The summed E-state index contributed by atoms with van der Waals surface area (Å²) in [6.45, 7) is 3.33. The molecule has 0 aliphatic rings. The van der Waals surface area contributed by atoms with Gasteiger partial charge in [0.25, 0.3) is 5.91 Å². The summed E-state index contributed by atoms with van der Waals surface area (Å²) in [6.07, 6.45) is 3.04. The van der Waals surface area contributed by atoms with Crippen molar-refractivity contribution >= 4 is 17.9 Å². The first-order valence-corrected chi connectivity index (χ1v) is 8.22. The lowest BCUT2D eigenvalue weighted by Crippen LogP contribution is -2.41. The van der Waals surface area contributed by atoms with Gasteiger partial charge in [0.1, 0.15) is 12.4 Å². The number of benzene rings is 1. The van der Waals surface area contributed by atoms with E-state index in [4.69, 9.17) is 18.6 Å². The van der Waals surface area contributed by atoms with Gasteiger partial charge in [0.05, 0.1) is 25.5 Å². The molecule has 3 amide bonds. The third-order valence-electron chi connectivity index (χ3n) is 3.35. The summed E-state index contributed by atoms with van der Waals surface area (Å²) in [5, 5.41) is 4.47. The van der Waals surface area contributed by atoms with Gasteiger partial charge < -0.3 is 23.9 Å². The third kappa shape index (κ3) is 6.20. The van der Waals surface area contributed by atoms with Crippen LogP contribution in [0.1, 0.15) is 16.1 Å². The molecule has 0 saturated carbocycles. The van der Waals surface area contributed by atoms with E-state index in [2.05, 4.69) is 11.9 Å². The van der Waals surface area contributed by atoms with Crippen molar-refractivity contribution < 1.29 is 33.0 Å². The lowest BCUT2D eigenvalue weighted by atomic mass is 10.2. The molecule has 1 heterocycles.